The number of carbonyl (C=O) groups excluding carboxylic acids is 1. The molecule has 0 radical (unpaired) electrons. The van der Waals surface area contributed by atoms with E-state index in [1.54, 1.807) is 13.3 Å². The monoisotopic (exact) mass is 404 g/mol. The van der Waals surface area contributed by atoms with Crippen molar-refractivity contribution in [2.45, 2.75) is 45.4 Å². The number of rotatable bonds is 5. The van der Waals surface area contributed by atoms with Gasteiger partial charge in [0.15, 0.2) is 0 Å². The van der Waals surface area contributed by atoms with E-state index in [9.17, 15) is 10.1 Å². The van der Waals surface area contributed by atoms with Gasteiger partial charge in [0.05, 0.1) is 31.4 Å². The minimum absolute atomic E-state index is 0.0479. The molecule has 0 saturated heterocycles. The molecule has 0 bridgehead atoms. The third-order valence-corrected chi connectivity index (χ3v) is 5.35. The lowest BCUT2D eigenvalue weighted by atomic mass is 10.1. The van der Waals surface area contributed by atoms with Gasteiger partial charge < -0.3 is 19.4 Å². The molecule has 7 nitrogen and oxygen atoms in total. The third kappa shape index (κ3) is 3.69. The number of benzene rings is 1. The highest BCUT2D eigenvalue weighted by Gasteiger charge is 2.30. The molecule has 1 amide bonds. The molecule has 1 aromatic carbocycles. The highest BCUT2D eigenvalue weighted by Crippen LogP contribution is 2.35. The summed E-state index contributed by atoms with van der Waals surface area (Å²) in [5.41, 5.74) is 4.80. The summed E-state index contributed by atoms with van der Waals surface area (Å²) in [7, 11) is 1.64. The first kappa shape index (κ1) is 19.8. The van der Waals surface area contributed by atoms with Crippen molar-refractivity contribution in [1.29, 1.82) is 5.26 Å². The molecule has 1 aliphatic rings. The zero-order chi connectivity index (χ0) is 21.3. The average molecular weight is 404 g/mol. The molecule has 1 N–H and O–H groups in total. The smallest absolute Gasteiger partial charge is 0.407 e. The van der Waals surface area contributed by atoms with Crippen molar-refractivity contribution < 1.29 is 14.3 Å². The molecule has 0 aliphatic heterocycles. The van der Waals surface area contributed by atoms with Crippen molar-refractivity contribution in [2.24, 2.45) is 0 Å². The lowest BCUT2D eigenvalue weighted by molar-refractivity contribution is 0.112. The van der Waals surface area contributed by atoms with E-state index in [2.05, 4.69) is 20.9 Å². The van der Waals surface area contributed by atoms with Gasteiger partial charge in [-0.1, -0.05) is 0 Å². The van der Waals surface area contributed by atoms with E-state index in [-0.39, 0.29) is 12.1 Å². The zero-order valence-corrected chi connectivity index (χ0v) is 17.3. The number of nitriles is 1. The SMILES string of the molecule is COc1cccnc1Cn1c2c(c3cc(C#N)ccc31)CC(NC(=O)OC(C)C)C2. The second kappa shape index (κ2) is 8.07. The first-order chi connectivity index (χ1) is 14.5. The Kier molecular flexibility index (Phi) is 5.32. The largest absolute Gasteiger partial charge is 0.495 e. The molecule has 0 saturated carbocycles. The van der Waals surface area contributed by atoms with Crippen LogP contribution in [-0.4, -0.2) is 34.9 Å². The zero-order valence-electron chi connectivity index (χ0n) is 17.3. The maximum absolute atomic E-state index is 12.1. The molecule has 2 heterocycles. The summed E-state index contributed by atoms with van der Waals surface area (Å²) < 4.78 is 12.9. The summed E-state index contributed by atoms with van der Waals surface area (Å²) in [6.07, 6.45) is 2.57. The van der Waals surface area contributed by atoms with Crippen LogP contribution in [-0.2, 0) is 24.1 Å². The van der Waals surface area contributed by atoms with Crippen LogP contribution in [0.5, 0.6) is 5.75 Å². The molecule has 0 fully saturated rings. The molecule has 154 valence electrons. The second-order valence-corrected chi connectivity index (χ2v) is 7.71. The van der Waals surface area contributed by atoms with Gasteiger partial charge in [-0.25, -0.2) is 4.79 Å². The van der Waals surface area contributed by atoms with Gasteiger partial charge in [-0.3, -0.25) is 4.98 Å². The number of alkyl carbamates (subject to hydrolysis) is 1. The Hall–Kier alpha value is -3.53. The predicted octanol–water partition coefficient (Wildman–Crippen LogP) is 3.57. The quantitative estimate of drug-likeness (QED) is 0.702. The number of carbonyl (C=O) groups is 1. The van der Waals surface area contributed by atoms with Crippen molar-refractivity contribution in [3.8, 4) is 11.8 Å². The highest BCUT2D eigenvalue weighted by molar-refractivity contribution is 5.88. The third-order valence-electron chi connectivity index (χ3n) is 5.35. The number of nitrogens with one attached hydrogen (secondary N) is 1. The van der Waals surface area contributed by atoms with E-state index >= 15 is 0 Å². The van der Waals surface area contributed by atoms with E-state index in [1.165, 1.54) is 0 Å². The first-order valence-electron chi connectivity index (χ1n) is 9.99. The number of nitrogens with zero attached hydrogens (tertiary/aromatic N) is 3. The minimum atomic E-state index is -0.403. The van der Waals surface area contributed by atoms with Crippen molar-refractivity contribution in [2.75, 3.05) is 7.11 Å². The minimum Gasteiger partial charge on any atom is -0.495 e. The Balaban J connectivity index is 1.72. The Labute approximate surface area is 175 Å². The molecule has 1 unspecified atom stereocenters. The summed E-state index contributed by atoms with van der Waals surface area (Å²) in [5.74, 6) is 0.731. The maximum Gasteiger partial charge on any atom is 0.407 e. The fourth-order valence-electron chi connectivity index (χ4n) is 4.13. The van der Waals surface area contributed by atoms with E-state index < -0.39 is 6.09 Å². The summed E-state index contributed by atoms with van der Waals surface area (Å²) in [6, 6.07) is 11.7. The standard InChI is InChI=1S/C23H24N4O3/c1-14(2)30-23(28)26-16-10-18-17-9-15(12-24)6-7-20(17)27(21(18)11-16)13-19-22(29-3)5-4-8-25-19/h4-9,14,16H,10-11,13H2,1-3H3,(H,26,28). The molecule has 1 aliphatic carbocycles. The summed E-state index contributed by atoms with van der Waals surface area (Å²) in [4.78, 5) is 16.6. The number of hydrogen-bond donors (Lipinski definition) is 1. The molecule has 0 spiro atoms. The number of pyridine rings is 1. The average Bonchev–Trinajstić information content (AvgIpc) is 3.25. The Bertz CT molecular complexity index is 1140. The lowest BCUT2D eigenvalue weighted by Crippen LogP contribution is -2.37. The normalized spacial score (nSPS) is 15.1. The van der Waals surface area contributed by atoms with Gasteiger partial charge in [0, 0.05) is 35.3 Å². The number of hydrogen-bond acceptors (Lipinski definition) is 5. The molecule has 1 atom stereocenters. The molecule has 4 rings (SSSR count). The molecule has 2 aromatic heterocycles. The van der Waals surface area contributed by atoms with Gasteiger partial charge in [0.2, 0.25) is 0 Å². The van der Waals surface area contributed by atoms with Crippen LogP contribution in [0.3, 0.4) is 0 Å². The number of ether oxygens (including phenoxy) is 2. The summed E-state index contributed by atoms with van der Waals surface area (Å²) in [6.45, 7) is 4.20. The van der Waals surface area contributed by atoms with E-state index in [1.807, 2.05) is 44.2 Å². The second-order valence-electron chi connectivity index (χ2n) is 7.71. The first-order valence-corrected chi connectivity index (χ1v) is 9.99. The van der Waals surface area contributed by atoms with Gasteiger partial charge in [-0.15, -0.1) is 0 Å². The van der Waals surface area contributed by atoms with Crippen molar-refractivity contribution in [3.63, 3.8) is 0 Å². The maximum atomic E-state index is 12.1. The van der Waals surface area contributed by atoms with Crippen LogP contribution in [0.25, 0.3) is 10.9 Å². The Morgan fingerprint density at radius 1 is 1.37 bits per heavy atom. The van der Waals surface area contributed by atoms with Gasteiger partial charge in [0.1, 0.15) is 11.4 Å². The van der Waals surface area contributed by atoms with Crippen molar-refractivity contribution in [3.05, 3.63) is 59.0 Å². The molecule has 30 heavy (non-hydrogen) atoms. The van der Waals surface area contributed by atoms with Crippen LogP contribution < -0.4 is 10.1 Å². The summed E-state index contributed by atoms with van der Waals surface area (Å²) in [5, 5.41) is 13.4. The Morgan fingerprint density at radius 3 is 2.93 bits per heavy atom. The van der Waals surface area contributed by atoms with Crippen molar-refractivity contribution in [1.82, 2.24) is 14.9 Å². The number of amides is 1. The van der Waals surface area contributed by atoms with Crippen molar-refractivity contribution >= 4 is 17.0 Å². The summed E-state index contributed by atoms with van der Waals surface area (Å²) >= 11 is 0. The van der Waals surface area contributed by atoms with Crippen LogP contribution in [0.2, 0.25) is 0 Å². The number of methoxy groups -OCH3 is 1. The number of aromatic nitrogens is 2. The van der Waals surface area contributed by atoms with E-state index in [4.69, 9.17) is 9.47 Å². The van der Waals surface area contributed by atoms with Gasteiger partial charge in [0.25, 0.3) is 0 Å². The molecule has 3 aromatic rings. The van der Waals surface area contributed by atoms with Crippen LogP contribution in [0.15, 0.2) is 36.5 Å². The van der Waals surface area contributed by atoms with Crippen LogP contribution in [0.1, 0.15) is 36.4 Å². The van der Waals surface area contributed by atoms with E-state index in [0.29, 0.717) is 24.9 Å². The van der Waals surface area contributed by atoms with Gasteiger partial charge in [-0.05, 0) is 56.2 Å². The Morgan fingerprint density at radius 2 is 2.20 bits per heavy atom. The highest BCUT2D eigenvalue weighted by atomic mass is 16.6. The lowest BCUT2D eigenvalue weighted by Gasteiger charge is -2.16. The van der Waals surface area contributed by atoms with Gasteiger partial charge in [-0.2, -0.15) is 5.26 Å². The van der Waals surface area contributed by atoms with Crippen LogP contribution in [0.4, 0.5) is 4.79 Å². The number of fused-ring (bicyclic) bond motifs is 3. The van der Waals surface area contributed by atoms with Crippen LogP contribution in [0, 0.1) is 11.3 Å². The fraction of sp³-hybridized carbons (Fsp3) is 0.348. The molecule has 7 heteroatoms. The van der Waals surface area contributed by atoms with E-state index in [0.717, 1.165) is 33.6 Å². The van der Waals surface area contributed by atoms with Gasteiger partial charge >= 0.3 is 6.09 Å². The molecular formula is C23H24N4O3. The fourth-order valence-corrected chi connectivity index (χ4v) is 4.13. The predicted molar refractivity (Wildman–Crippen MR) is 112 cm³/mol. The topological polar surface area (TPSA) is 89.2 Å². The molecular weight excluding hydrogens is 380 g/mol. The van der Waals surface area contributed by atoms with Crippen LogP contribution >= 0.6 is 0 Å².